The molecule has 2 aromatic rings. The molecule has 0 saturated carbocycles. The maximum absolute atomic E-state index is 10.0. The van der Waals surface area contributed by atoms with Gasteiger partial charge in [-0.05, 0) is 61.7 Å². The van der Waals surface area contributed by atoms with E-state index in [9.17, 15) is 10.2 Å². The Labute approximate surface area is 102 Å². The minimum absolute atomic E-state index is 0.152. The number of fused-ring (bicyclic) bond motifs is 1. The summed E-state index contributed by atoms with van der Waals surface area (Å²) in [4.78, 5) is 0. The molecule has 0 radical (unpaired) electrons. The molecule has 0 aliphatic heterocycles. The molecule has 0 aliphatic carbocycles. The highest BCUT2D eigenvalue weighted by Crippen LogP contribution is 2.35. The molecule has 0 atom stereocenters. The smallest absolute Gasteiger partial charge is 0.122 e. The van der Waals surface area contributed by atoms with Crippen molar-refractivity contribution in [3.05, 3.63) is 41.0 Å². The molecule has 2 N–H and O–H groups in total. The third-order valence-corrected chi connectivity index (χ3v) is 3.23. The monoisotopic (exact) mass is 230 g/mol. The van der Waals surface area contributed by atoms with Crippen LogP contribution in [-0.4, -0.2) is 10.2 Å². The summed E-state index contributed by atoms with van der Waals surface area (Å²) in [5.74, 6) is 0.152. The molecule has 90 valence electrons. The molecular weight excluding hydrogens is 212 g/mol. The van der Waals surface area contributed by atoms with Crippen LogP contribution in [0.25, 0.3) is 10.8 Å². The minimum atomic E-state index is -1.03. The van der Waals surface area contributed by atoms with Crippen molar-refractivity contribution in [2.24, 2.45) is 0 Å². The van der Waals surface area contributed by atoms with Gasteiger partial charge in [0.1, 0.15) is 5.75 Å². The van der Waals surface area contributed by atoms with Gasteiger partial charge >= 0.3 is 0 Å². The van der Waals surface area contributed by atoms with Gasteiger partial charge in [0.25, 0.3) is 0 Å². The van der Waals surface area contributed by atoms with Gasteiger partial charge in [-0.15, -0.1) is 0 Å². The van der Waals surface area contributed by atoms with Gasteiger partial charge in [-0.25, -0.2) is 0 Å². The number of rotatable bonds is 1. The Morgan fingerprint density at radius 3 is 1.88 bits per heavy atom. The second-order valence-electron chi connectivity index (χ2n) is 5.17. The standard InChI is InChI=1S/C15H18O2/c1-9-5-6-10(2)12-8-14(16)13(7-11(9)12)15(3,4)17/h5-8,16-17H,1-4H3. The molecule has 0 spiro atoms. The van der Waals surface area contributed by atoms with Gasteiger partial charge < -0.3 is 10.2 Å². The van der Waals surface area contributed by atoms with Crippen molar-refractivity contribution < 1.29 is 10.2 Å². The second kappa shape index (κ2) is 3.74. The average Bonchev–Trinajstić information content (AvgIpc) is 2.21. The fourth-order valence-electron chi connectivity index (χ4n) is 2.16. The van der Waals surface area contributed by atoms with E-state index in [4.69, 9.17) is 0 Å². The Bertz CT molecular complexity index is 577. The molecule has 0 unspecified atom stereocenters. The van der Waals surface area contributed by atoms with E-state index in [1.807, 2.05) is 26.0 Å². The largest absolute Gasteiger partial charge is 0.508 e. The van der Waals surface area contributed by atoms with E-state index in [0.717, 1.165) is 21.9 Å². The molecule has 0 fully saturated rings. The van der Waals surface area contributed by atoms with E-state index in [0.29, 0.717) is 5.56 Å². The maximum atomic E-state index is 10.0. The second-order valence-corrected chi connectivity index (χ2v) is 5.17. The summed E-state index contributed by atoms with van der Waals surface area (Å²) in [6.07, 6.45) is 0. The van der Waals surface area contributed by atoms with Crippen molar-refractivity contribution in [1.29, 1.82) is 0 Å². The molecule has 2 nitrogen and oxygen atoms in total. The van der Waals surface area contributed by atoms with Crippen molar-refractivity contribution in [2.75, 3.05) is 0 Å². The first kappa shape index (κ1) is 11.9. The molecule has 2 rings (SSSR count). The molecular formula is C15H18O2. The van der Waals surface area contributed by atoms with Crippen LogP contribution in [0.5, 0.6) is 5.75 Å². The molecule has 17 heavy (non-hydrogen) atoms. The quantitative estimate of drug-likeness (QED) is 0.788. The first-order valence-corrected chi connectivity index (χ1v) is 5.76. The normalized spacial score (nSPS) is 12.1. The van der Waals surface area contributed by atoms with E-state index >= 15 is 0 Å². The van der Waals surface area contributed by atoms with Crippen LogP contribution in [-0.2, 0) is 5.60 Å². The van der Waals surface area contributed by atoms with Gasteiger partial charge in [-0.2, -0.15) is 0 Å². The van der Waals surface area contributed by atoms with Crippen molar-refractivity contribution >= 4 is 10.8 Å². The Morgan fingerprint density at radius 2 is 1.41 bits per heavy atom. The molecule has 0 saturated heterocycles. The van der Waals surface area contributed by atoms with Crippen LogP contribution >= 0.6 is 0 Å². The zero-order valence-electron chi connectivity index (χ0n) is 10.7. The van der Waals surface area contributed by atoms with Crippen molar-refractivity contribution in [3.8, 4) is 5.75 Å². The van der Waals surface area contributed by atoms with Crippen LogP contribution in [0, 0.1) is 13.8 Å². The summed E-state index contributed by atoms with van der Waals surface area (Å²) in [6.45, 7) is 7.41. The van der Waals surface area contributed by atoms with Crippen LogP contribution in [0.1, 0.15) is 30.5 Å². The summed E-state index contributed by atoms with van der Waals surface area (Å²) >= 11 is 0. The topological polar surface area (TPSA) is 40.5 Å². The molecule has 0 bridgehead atoms. The highest BCUT2D eigenvalue weighted by atomic mass is 16.3. The SMILES string of the molecule is Cc1ccc(C)c2cc(C(C)(C)O)c(O)cc12. The lowest BCUT2D eigenvalue weighted by Gasteiger charge is -2.20. The minimum Gasteiger partial charge on any atom is -0.508 e. The number of aryl methyl sites for hydroxylation is 2. The molecule has 2 heteroatoms. The molecule has 0 heterocycles. The summed E-state index contributed by atoms with van der Waals surface area (Å²) in [7, 11) is 0. The lowest BCUT2D eigenvalue weighted by atomic mass is 9.91. The van der Waals surface area contributed by atoms with Gasteiger partial charge in [-0.1, -0.05) is 12.1 Å². The average molecular weight is 230 g/mol. The first-order valence-electron chi connectivity index (χ1n) is 5.76. The van der Waals surface area contributed by atoms with E-state index in [1.54, 1.807) is 19.9 Å². The summed E-state index contributed by atoms with van der Waals surface area (Å²) in [6, 6.07) is 7.72. The highest BCUT2D eigenvalue weighted by molar-refractivity contribution is 5.90. The number of hydrogen-bond donors (Lipinski definition) is 2. The number of benzene rings is 2. The molecule has 0 aliphatic rings. The van der Waals surface area contributed by atoms with Crippen molar-refractivity contribution in [2.45, 2.75) is 33.3 Å². The van der Waals surface area contributed by atoms with E-state index in [-0.39, 0.29) is 5.75 Å². The number of phenols is 1. The van der Waals surface area contributed by atoms with Gasteiger partial charge in [0.2, 0.25) is 0 Å². The zero-order valence-corrected chi connectivity index (χ0v) is 10.7. The van der Waals surface area contributed by atoms with Gasteiger partial charge in [0.15, 0.2) is 0 Å². The van der Waals surface area contributed by atoms with Gasteiger partial charge in [0, 0.05) is 5.56 Å². The van der Waals surface area contributed by atoms with Crippen molar-refractivity contribution in [3.63, 3.8) is 0 Å². The number of aromatic hydroxyl groups is 1. The van der Waals surface area contributed by atoms with Crippen molar-refractivity contribution in [1.82, 2.24) is 0 Å². The fraction of sp³-hybridized carbons (Fsp3) is 0.333. The van der Waals surface area contributed by atoms with Crippen LogP contribution in [0.2, 0.25) is 0 Å². The van der Waals surface area contributed by atoms with Crippen LogP contribution in [0.4, 0.5) is 0 Å². The third kappa shape index (κ3) is 2.01. The van der Waals surface area contributed by atoms with Crippen LogP contribution in [0.15, 0.2) is 24.3 Å². The Balaban J connectivity index is 2.85. The highest BCUT2D eigenvalue weighted by Gasteiger charge is 2.21. The summed E-state index contributed by atoms with van der Waals surface area (Å²) in [5.41, 5.74) is 1.81. The summed E-state index contributed by atoms with van der Waals surface area (Å²) < 4.78 is 0. The molecule has 0 aromatic heterocycles. The molecule has 0 amide bonds. The van der Waals surface area contributed by atoms with E-state index in [1.165, 1.54) is 0 Å². The zero-order chi connectivity index (χ0) is 12.8. The van der Waals surface area contributed by atoms with Crippen LogP contribution in [0.3, 0.4) is 0 Å². The number of aliphatic hydroxyl groups is 1. The Kier molecular flexibility index (Phi) is 2.63. The predicted molar refractivity (Wildman–Crippen MR) is 70.3 cm³/mol. The number of phenolic OH excluding ortho intramolecular Hbond substituents is 1. The Hall–Kier alpha value is -1.54. The Morgan fingerprint density at radius 1 is 0.941 bits per heavy atom. The van der Waals surface area contributed by atoms with Gasteiger partial charge in [-0.3, -0.25) is 0 Å². The number of hydrogen-bond acceptors (Lipinski definition) is 2. The third-order valence-electron chi connectivity index (χ3n) is 3.23. The lowest BCUT2D eigenvalue weighted by molar-refractivity contribution is 0.0760. The first-order chi connectivity index (χ1) is 7.80. The maximum Gasteiger partial charge on any atom is 0.122 e. The van der Waals surface area contributed by atoms with Crippen LogP contribution < -0.4 is 0 Å². The molecule has 2 aromatic carbocycles. The fourth-order valence-corrected chi connectivity index (χ4v) is 2.16. The van der Waals surface area contributed by atoms with E-state index < -0.39 is 5.60 Å². The lowest BCUT2D eigenvalue weighted by Crippen LogP contribution is -2.15. The summed E-state index contributed by atoms with van der Waals surface area (Å²) in [5, 5.41) is 22.1. The van der Waals surface area contributed by atoms with E-state index in [2.05, 4.69) is 6.07 Å². The predicted octanol–water partition coefficient (Wildman–Crippen LogP) is 3.39. The van der Waals surface area contributed by atoms with Gasteiger partial charge in [0.05, 0.1) is 5.60 Å².